The highest BCUT2D eigenvalue weighted by molar-refractivity contribution is 5.75. The predicted molar refractivity (Wildman–Crippen MR) is 400 cm³/mol. The van der Waals surface area contributed by atoms with E-state index in [1.807, 2.05) is 0 Å². The highest BCUT2D eigenvalue weighted by Gasteiger charge is 2.61. The lowest BCUT2D eigenvalue weighted by Crippen LogP contribution is -2.71. The molecule has 32 N–H and O–H groups in total. The number of carbonyl (C=O) groups excluding carboxylic acids is 6. The van der Waals surface area contributed by atoms with Crippen LogP contribution in [0.15, 0.2) is 0 Å². The Morgan fingerprint density at radius 2 is 0.609 bits per heavy atom. The van der Waals surface area contributed by atoms with Crippen molar-refractivity contribution in [3.63, 3.8) is 0 Å². The SMILES string of the molecule is CC(=O)N[C@@H](CO)[C@@H](O)[C@H](OC1O[C@H](CO)[C@@H](OC2O[C@H](COC3O[C@H](CO)[C@@H](O)[C@H](O)[C@@H]3OC3O[C@H](CO)[C@@H](OC4O[C@H](CO)[C@H](O)[C@H](O)[C@H]4NC(C)=O)[C@H](O)[C@H]3NC(C)=O)[C@@H](O)[C@H](OC3O[C@H](CO)[C@@H](O)[C@H](O)[C@@H]3OC3O[C@H](CO)[C@@H](OC4O[C@H](CO)[C@H](O)[C@H](O)[C@H]4NC(C)=O)[C@H](O)[C@H]3NC(C)=O)[C@@H]2O)[C@H](O)[C@H]1NC(C)=O)[C@H](O)COC1O[C@@H](C)[C@@H](O)[C@@H](O)[C@@H]1O. The molecule has 56 heteroatoms. The van der Waals surface area contributed by atoms with Crippen molar-refractivity contribution < 1.29 is 247 Å². The predicted octanol–water partition coefficient (Wildman–Crippen LogP) is -21.3. The minimum Gasteiger partial charge on any atom is -0.394 e. The molecule has 740 valence electrons. The lowest BCUT2D eigenvalue weighted by Gasteiger charge is -2.51. The van der Waals surface area contributed by atoms with Crippen LogP contribution in [0.3, 0.4) is 0 Å². The van der Waals surface area contributed by atoms with Gasteiger partial charge in [-0.05, 0) is 6.92 Å². The quantitative estimate of drug-likeness (QED) is 0.0275. The summed E-state index contributed by atoms with van der Waals surface area (Å²) in [5.74, 6) is -5.50. The van der Waals surface area contributed by atoms with E-state index in [0.717, 1.165) is 41.5 Å². The smallest absolute Gasteiger partial charge is 0.217 e. The molecule has 0 saturated carbocycles. The number of amides is 6. The Morgan fingerprint density at radius 1 is 0.289 bits per heavy atom. The van der Waals surface area contributed by atoms with Gasteiger partial charge in [0.2, 0.25) is 35.4 Å². The lowest BCUT2D eigenvalue weighted by atomic mass is 9.94. The van der Waals surface area contributed by atoms with Crippen LogP contribution < -0.4 is 31.9 Å². The van der Waals surface area contributed by atoms with Crippen molar-refractivity contribution in [1.29, 1.82) is 0 Å². The van der Waals surface area contributed by atoms with Crippen molar-refractivity contribution in [2.24, 2.45) is 0 Å². The van der Waals surface area contributed by atoms with E-state index >= 15 is 0 Å². The number of hydrogen-bond donors (Lipinski definition) is 32. The zero-order valence-electron chi connectivity index (χ0n) is 69.8. The number of rotatable bonds is 37. The molecule has 9 aliphatic heterocycles. The largest absolute Gasteiger partial charge is 0.394 e. The molecule has 0 aromatic rings. The van der Waals surface area contributed by atoms with Gasteiger partial charge in [-0.3, -0.25) is 28.8 Å². The van der Waals surface area contributed by atoms with Crippen LogP contribution in [0.4, 0.5) is 0 Å². The van der Waals surface area contributed by atoms with Gasteiger partial charge >= 0.3 is 0 Å². The average molecular weight is 1870 g/mol. The Kier molecular flexibility index (Phi) is 39.6. The number of ether oxygens (including phenoxy) is 18. The molecule has 128 heavy (non-hydrogen) atoms. The summed E-state index contributed by atoms with van der Waals surface area (Å²) in [4.78, 5) is 76.7. The Morgan fingerprint density at radius 3 is 0.992 bits per heavy atom. The maximum atomic E-state index is 13.3. The molecule has 9 fully saturated rings. The van der Waals surface area contributed by atoms with Gasteiger partial charge in [0.25, 0.3) is 0 Å². The zero-order chi connectivity index (χ0) is 94.8. The zero-order valence-corrected chi connectivity index (χ0v) is 69.8. The highest BCUT2D eigenvalue weighted by atomic mass is 16.8. The molecule has 9 unspecified atom stereocenters. The number of carbonyl (C=O) groups is 6. The third-order valence-corrected chi connectivity index (χ3v) is 22.9. The first kappa shape index (κ1) is 107. The van der Waals surface area contributed by atoms with Gasteiger partial charge in [0.15, 0.2) is 56.6 Å². The Hall–Kier alpha value is -4.94. The van der Waals surface area contributed by atoms with Crippen LogP contribution in [0.5, 0.6) is 0 Å². The van der Waals surface area contributed by atoms with E-state index in [4.69, 9.17) is 85.3 Å². The van der Waals surface area contributed by atoms with E-state index in [0.29, 0.717) is 0 Å². The first-order chi connectivity index (χ1) is 60.4. The normalized spacial score (nSPS) is 45.2. The first-order valence-corrected chi connectivity index (χ1v) is 40.9. The van der Waals surface area contributed by atoms with Gasteiger partial charge in [0, 0.05) is 41.5 Å². The van der Waals surface area contributed by atoms with Gasteiger partial charge < -0.3 is 250 Å². The van der Waals surface area contributed by atoms with Crippen molar-refractivity contribution in [3.8, 4) is 0 Å². The van der Waals surface area contributed by atoms with Gasteiger partial charge in [0.1, 0.15) is 232 Å². The third-order valence-electron chi connectivity index (χ3n) is 22.9. The summed E-state index contributed by atoms with van der Waals surface area (Å²) < 4.78 is 108. The fourth-order valence-electron chi connectivity index (χ4n) is 16.2. The molecule has 9 heterocycles. The van der Waals surface area contributed by atoms with Crippen molar-refractivity contribution in [1.82, 2.24) is 31.9 Å². The van der Waals surface area contributed by atoms with Gasteiger partial charge in [-0.25, -0.2) is 0 Å². The van der Waals surface area contributed by atoms with Crippen molar-refractivity contribution in [2.75, 3.05) is 66.1 Å². The first-order valence-electron chi connectivity index (χ1n) is 40.9. The van der Waals surface area contributed by atoms with E-state index in [1.54, 1.807) is 0 Å². The molecule has 9 saturated heterocycles. The van der Waals surface area contributed by atoms with Crippen molar-refractivity contribution >= 4 is 35.4 Å². The molecule has 49 atom stereocenters. The molecule has 0 aromatic heterocycles. The molecular formula is C72H122N6O50. The summed E-state index contributed by atoms with van der Waals surface area (Å²) in [5.41, 5.74) is 0. The van der Waals surface area contributed by atoms with Crippen molar-refractivity contribution in [3.05, 3.63) is 0 Å². The molecular weight excluding hydrogens is 1750 g/mol. The number of aliphatic hydroxyl groups excluding tert-OH is 26. The average Bonchev–Trinajstić information content (AvgIpc) is 0.838. The van der Waals surface area contributed by atoms with E-state index < -0.39 is 402 Å². The van der Waals surface area contributed by atoms with E-state index in [9.17, 15) is 162 Å². The maximum Gasteiger partial charge on any atom is 0.217 e. The number of aliphatic hydroxyl groups is 26. The molecule has 0 spiro atoms. The minimum atomic E-state index is -2.66. The molecule has 6 amide bonds. The molecule has 0 bridgehead atoms. The third kappa shape index (κ3) is 24.8. The summed E-state index contributed by atoms with van der Waals surface area (Å²) in [7, 11) is 0. The fraction of sp³-hybridized carbons (Fsp3) is 0.917. The fourth-order valence-corrected chi connectivity index (χ4v) is 16.2. The second kappa shape index (κ2) is 47.5. The Bertz CT molecular complexity index is 3500. The second-order valence-corrected chi connectivity index (χ2v) is 32.2. The minimum absolute atomic E-state index is 0.816. The van der Waals surface area contributed by atoms with Crippen LogP contribution in [0.1, 0.15) is 48.5 Å². The number of nitrogens with one attached hydrogen (secondary N) is 6. The molecule has 0 aliphatic carbocycles. The second-order valence-electron chi connectivity index (χ2n) is 32.2. The van der Waals surface area contributed by atoms with E-state index in [1.165, 1.54) is 6.92 Å². The summed E-state index contributed by atoms with van der Waals surface area (Å²) in [6, 6.07) is -11.2. The van der Waals surface area contributed by atoms with E-state index in [2.05, 4.69) is 31.9 Å². The van der Waals surface area contributed by atoms with Gasteiger partial charge in [-0.15, -0.1) is 0 Å². The highest BCUT2D eigenvalue weighted by Crippen LogP contribution is 2.40. The summed E-state index contributed by atoms with van der Waals surface area (Å²) in [5, 5.41) is 307. The van der Waals surface area contributed by atoms with Crippen molar-refractivity contribution in [2.45, 2.75) is 349 Å². The Labute approximate surface area is 727 Å². The Balaban J connectivity index is 1.08. The molecule has 9 aliphatic rings. The summed E-state index contributed by atoms with van der Waals surface area (Å²) in [6.45, 7) is -4.39. The van der Waals surface area contributed by atoms with Crippen LogP contribution in [0, 0.1) is 0 Å². The summed E-state index contributed by atoms with van der Waals surface area (Å²) in [6.07, 6.45) is -90.5. The van der Waals surface area contributed by atoms with Crippen LogP contribution >= 0.6 is 0 Å². The van der Waals surface area contributed by atoms with Crippen LogP contribution in [-0.4, -0.2) is 535 Å². The topological polar surface area (TPSA) is 867 Å². The van der Waals surface area contributed by atoms with E-state index in [-0.39, 0.29) is 0 Å². The molecule has 0 aromatic carbocycles. The van der Waals surface area contributed by atoms with Crippen LogP contribution in [0.25, 0.3) is 0 Å². The summed E-state index contributed by atoms with van der Waals surface area (Å²) >= 11 is 0. The lowest BCUT2D eigenvalue weighted by molar-refractivity contribution is -0.397. The van der Waals surface area contributed by atoms with Crippen LogP contribution in [0.2, 0.25) is 0 Å². The standard InChI is InChI=1S/C72H122N6O50/c1-18-40(94)52(106)55(109)69(113-18)111-16-26(93)57(41(95)25(8-79)73-19(2)87)122-66-37(76-22(5)90)51(105)60(33(15-86)118-66)125-70-56(110)61(126-72-63(54(108)45(99)30(12-83)117-72)128-68-39(78-24(7)92)50(104)59(32(14-85)120-68)124-65-36(75-21(4)89)48(102)43(97)28(10-81)115-65)46(100)34(121-70)17-112-71-62(53(107)44(98)29(11-82)116-71)127-67-38(77-23(6)91)49(103)58(31(13-84)119-67)123-64-35(74-20(3)88)47(101)42(96)27(9-80)114-64/h18,25-72,79-86,93-110H,8-17H2,1-7H3,(H,73,87)(H,74,88)(H,75,89)(H,76,90)(H,77,91)(H,78,92)/t18-,25-,26+,27+,28+,29+,30+,31+,32+,33+,34+,35+,36+,37+,38+,39+,40+,41+,42-,43-,44+,45+,46+,47+,48+,49+,50+,51+,52+,53-,54-,55-,56-,57+,58+,59+,60+,61-,62-,63-,64?,65?,66?,67?,68?,69?,70?,71?,72?/m0/s1. The van der Waals surface area contributed by atoms with Crippen LogP contribution in [-0.2, 0) is 114 Å². The number of hydrogen-bond acceptors (Lipinski definition) is 50. The maximum absolute atomic E-state index is 13.3. The van der Waals surface area contributed by atoms with Gasteiger partial charge in [-0.2, -0.15) is 0 Å². The molecule has 9 rings (SSSR count). The van der Waals surface area contributed by atoms with Gasteiger partial charge in [-0.1, -0.05) is 0 Å². The monoisotopic (exact) mass is 1870 g/mol. The molecule has 0 radical (unpaired) electrons. The van der Waals surface area contributed by atoms with Gasteiger partial charge in [0.05, 0.1) is 78.2 Å². The molecule has 56 nitrogen and oxygen atoms in total.